The molecule has 0 bridgehead atoms. The summed E-state index contributed by atoms with van der Waals surface area (Å²) in [6.45, 7) is 9.39. The van der Waals surface area contributed by atoms with Gasteiger partial charge < -0.3 is 8.83 Å². The van der Waals surface area contributed by atoms with Crippen LogP contribution in [0.4, 0.5) is 0 Å². The Morgan fingerprint density at radius 2 is 1.03 bits per heavy atom. The van der Waals surface area contributed by atoms with Crippen molar-refractivity contribution in [2.24, 2.45) is 0 Å². The Morgan fingerprint density at radius 1 is 0.606 bits per heavy atom. The van der Waals surface area contributed by atoms with Crippen molar-refractivity contribution < 1.29 is 8.83 Å². The molecule has 3 heteroatoms. The maximum atomic E-state index is 6.08. The lowest BCUT2D eigenvalue weighted by Crippen LogP contribution is -2.42. The predicted molar refractivity (Wildman–Crippen MR) is 138 cm³/mol. The van der Waals surface area contributed by atoms with Gasteiger partial charge in [-0.05, 0) is 71.5 Å². The summed E-state index contributed by atoms with van der Waals surface area (Å²) < 4.78 is 12.2. The summed E-state index contributed by atoms with van der Waals surface area (Å²) in [5, 5.41) is 0. The molecule has 2 aliphatic rings. The monoisotopic (exact) mass is 448 g/mol. The van der Waals surface area contributed by atoms with E-state index in [-0.39, 0.29) is 0 Å². The summed E-state index contributed by atoms with van der Waals surface area (Å²) in [6.07, 6.45) is 8.37. The second-order valence-corrected chi connectivity index (χ2v) is 14.8. The highest BCUT2D eigenvalue weighted by Gasteiger charge is 2.50. The van der Waals surface area contributed by atoms with E-state index in [2.05, 4.69) is 99.8 Å². The lowest BCUT2D eigenvalue weighted by molar-refractivity contribution is 0.548. The smallest absolute Gasteiger partial charge is 0.133 e. The normalized spacial score (nSPS) is 19.3. The molecule has 2 aliphatic carbocycles. The van der Waals surface area contributed by atoms with E-state index in [1.807, 2.05) is 12.5 Å². The first kappa shape index (κ1) is 20.3. The first-order valence-corrected chi connectivity index (χ1v) is 14.8. The van der Waals surface area contributed by atoms with Crippen LogP contribution in [0.2, 0.25) is 13.1 Å². The zero-order valence-electron chi connectivity index (χ0n) is 19.6. The van der Waals surface area contributed by atoms with Gasteiger partial charge in [-0.2, -0.15) is 0 Å². The molecule has 4 aromatic rings. The zero-order chi connectivity index (χ0) is 22.7. The molecule has 0 radical (unpaired) electrons. The van der Waals surface area contributed by atoms with Gasteiger partial charge in [-0.1, -0.05) is 61.6 Å². The van der Waals surface area contributed by atoms with Crippen molar-refractivity contribution in [3.63, 3.8) is 0 Å². The van der Waals surface area contributed by atoms with Gasteiger partial charge in [0.15, 0.2) is 0 Å². The standard InChI is InChI=1S/C30H28O2Si/c1-19-13-15-31-27(19)25-17-21-9-5-7-11-23(21)29(25)33(3,4)30-24-12-8-6-10-22(24)18-26(30)28-20(2)14-16-32-28/h5-18,29-30H,1-4H3. The molecule has 0 saturated carbocycles. The van der Waals surface area contributed by atoms with E-state index in [0.717, 1.165) is 11.5 Å². The summed E-state index contributed by atoms with van der Waals surface area (Å²) in [5.74, 6) is 2.06. The third kappa shape index (κ3) is 2.99. The van der Waals surface area contributed by atoms with E-state index in [1.54, 1.807) is 0 Å². The van der Waals surface area contributed by atoms with Crippen LogP contribution in [0.25, 0.3) is 23.3 Å². The van der Waals surface area contributed by atoms with E-state index >= 15 is 0 Å². The van der Waals surface area contributed by atoms with Crippen LogP contribution >= 0.6 is 0 Å². The highest BCUT2D eigenvalue weighted by Crippen LogP contribution is 2.57. The van der Waals surface area contributed by atoms with E-state index in [0.29, 0.717) is 11.1 Å². The largest absolute Gasteiger partial charge is 0.464 e. The quantitative estimate of drug-likeness (QED) is 0.294. The molecule has 0 saturated heterocycles. The van der Waals surface area contributed by atoms with Crippen LogP contribution < -0.4 is 0 Å². The van der Waals surface area contributed by atoms with Crippen LogP contribution in [-0.4, -0.2) is 8.07 Å². The van der Waals surface area contributed by atoms with Crippen molar-refractivity contribution >= 4 is 31.4 Å². The van der Waals surface area contributed by atoms with Gasteiger partial charge in [-0.3, -0.25) is 0 Å². The molecule has 2 heterocycles. The molecule has 2 nitrogen and oxygen atoms in total. The minimum absolute atomic E-state index is 0.327. The van der Waals surface area contributed by atoms with Crippen molar-refractivity contribution in [2.75, 3.05) is 0 Å². The fraction of sp³-hybridized carbons (Fsp3) is 0.200. The van der Waals surface area contributed by atoms with Gasteiger partial charge in [0, 0.05) is 22.2 Å². The SMILES string of the molecule is Cc1ccoc1C1=Cc2ccccc2C1[Si](C)(C)C1C(c2occc2C)=Cc2ccccc21. The minimum atomic E-state index is -2.08. The molecule has 0 amide bonds. The average Bonchev–Trinajstić information content (AvgIpc) is 3.57. The molecule has 0 spiro atoms. The molecular formula is C30H28O2Si. The summed E-state index contributed by atoms with van der Waals surface area (Å²) in [6, 6.07) is 21.9. The van der Waals surface area contributed by atoms with Crippen molar-refractivity contribution in [1.82, 2.24) is 0 Å². The van der Waals surface area contributed by atoms with Crippen LogP contribution in [0.15, 0.2) is 82.0 Å². The maximum absolute atomic E-state index is 6.08. The maximum Gasteiger partial charge on any atom is 0.133 e. The molecule has 2 atom stereocenters. The summed E-state index contributed by atoms with van der Waals surface area (Å²) in [4.78, 5) is 0. The number of hydrogen-bond acceptors (Lipinski definition) is 2. The van der Waals surface area contributed by atoms with E-state index in [4.69, 9.17) is 8.83 Å². The van der Waals surface area contributed by atoms with E-state index in [9.17, 15) is 0 Å². The van der Waals surface area contributed by atoms with E-state index in [1.165, 1.54) is 44.5 Å². The number of aryl methyl sites for hydroxylation is 2. The Bertz CT molecular complexity index is 1320. The number of benzene rings is 2. The minimum Gasteiger partial charge on any atom is -0.464 e. The van der Waals surface area contributed by atoms with Crippen molar-refractivity contribution in [1.29, 1.82) is 0 Å². The first-order valence-electron chi connectivity index (χ1n) is 11.7. The second kappa shape index (κ2) is 7.36. The molecule has 0 aliphatic heterocycles. The molecular weight excluding hydrogens is 420 g/mol. The molecule has 2 unspecified atom stereocenters. The summed E-state index contributed by atoms with van der Waals surface area (Å²) in [7, 11) is -2.08. The third-order valence-electron chi connectivity index (χ3n) is 7.59. The number of allylic oxidation sites excluding steroid dienone is 2. The van der Waals surface area contributed by atoms with Crippen LogP contribution in [0.3, 0.4) is 0 Å². The first-order chi connectivity index (χ1) is 16.0. The van der Waals surface area contributed by atoms with Crippen LogP contribution in [-0.2, 0) is 0 Å². The second-order valence-electron chi connectivity index (χ2n) is 10.0. The van der Waals surface area contributed by atoms with Gasteiger partial charge in [-0.15, -0.1) is 0 Å². The highest BCUT2D eigenvalue weighted by atomic mass is 28.3. The van der Waals surface area contributed by atoms with Crippen LogP contribution in [0.1, 0.15) is 56.0 Å². The number of furan rings is 2. The van der Waals surface area contributed by atoms with Gasteiger partial charge in [0.05, 0.1) is 20.6 Å². The Morgan fingerprint density at radius 3 is 1.42 bits per heavy atom. The van der Waals surface area contributed by atoms with Crippen molar-refractivity contribution in [2.45, 2.75) is 38.0 Å². The van der Waals surface area contributed by atoms with Gasteiger partial charge in [-0.25, -0.2) is 0 Å². The Kier molecular flexibility index (Phi) is 4.53. The van der Waals surface area contributed by atoms with E-state index < -0.39 is 8.07 Å². The van der Waals surface area contributed by atoms with Gasteiger partial charge >= 0.3 is 0 Å². The Labute approximate surface area is 196 Å². The third-order valence-corrected chi connectivity index (χ3v) is 11.8. The molecule has 0 fully saturated rings. The number of rotatable bonds is 4. The molecule has 33 heavy (non-hydrogen) atoms. The predicted octanol–water partition coefficient (Wildman–Crippen LogP) is 8.25. The van der Waals surface area contributed by atoms with Gasteiger partial charge in [0.25, 0.3) is 0 Å². The van der Waals surface area contributed by atoms with Crippen LogP contribution in [0, 0.1) is 13.8 Å². The molecule has 2 aromatic carbocycles. The molecule has 164 valence electrons. The number of fused-ring (bicyclic) bond motifs is 2. The van der Waals surface area contributed by atoms with Gasteiger partial charge in [0.2, 0.25) is 0 Å². The molecule has 0 N–H and O–H groups in total. The van der Waals surface area contributed by atoms with Gasteiger partial charge in [0.1, 0.15) is 11.5 Å². The summed E-state index contributed by atoms with van der Waals surface area (Å²) in [5.41, 5.74) is 11.2. The average molecular weight is 449 g/mol. The zero-order valence-corrected chi connectivity index (χ0v) is 20.6. The highest BCUT2D eigenvalue weighted by molar-refractivity contribution is 6.84. The fourth-order valence-corrected chi connectivity index (χ4v) is 10.6. The lowest BCUT2D eigenvalue weighted by Gasteiger charge is -2.39. The lowest BCUT2D eigenvalue weighted by atomic mass is 10.1. The van der Waals surface area contributed by atoms with Crippen molar-refractivity contribution in [3.8, 4) is 0 Å². The molecule has 6 rings (SSSR count). The topological polar surface area (TPSA) is 26.3 Å². The van der Waals surface area contributed by atoms with Crippen LogP contribution in [0.5, 0.6) is 0 Å². The number of hydrogen-bond donors (Lipinski definition) is 0. The summed E-state index contributed by atoms with van der Waals surface area (Å²) >= 11 is 0. The Balaban J connectivity index is 1.56. The Hall–Kier alpha value is -3.30. The van der Waals surface area contributed by atoms with Crippen molar-refractivity contribution in [3.05, 3.63) is 118 Å². The fourth-order valence-electron chi connectivity index (χ4n) is 6.15. The molecule has 2 aromatic heterocycles.